The fourth-order valence-electron chi connectivity index (χ4n) is 3.82. The van der Waals surface area contributed by atoms with Crippen LogP contribution in [0.15, 0.2) is 85.0 Å². The third kappa shape index (κ3) is 2.99. The molecule has 0 aliphatic heterocycles. The van der Waals surface area contributed by atoms with Gasteiger partial charge in [0.15, 0.2) is 8.24 Å². The summed E-state index contributed by atoms with van der Waals surface area (Å²) in [5.74, 6) is 0. The molecule has 124 valence electrons. The zero-order chi connectivity index (χ0) is 17.3. The highest BCUT2D eigenvalue weighted by molar-refractivity contribution is 7.09. The lowest BCUT2D eigenvalue weighted by atomic mass is 10.2. The molecule has 0 fully saturated rings. The molecule has 0 unspecified atom stereocenters. The molecule has 1 aliphatic carbocycles. The predicted molar refractivity (Wildman–Crippen MR) is 111 cm³/mol. The van der Waals surface area contributed by atoms with Crippen molar-refractivity contribution in [1.29, 1.82) is 0 Å². The molecule has 3 heteroatoms. The SMILES string of the molecule is CC1([Si](N[Si](C)(C)C)(c2ccccc2)c2ccccc2)C=CC=C1. The molecule has 0 atom stereocenters. The molecule has 3 rings (SSSR count). The number of nitrogens with one attached hydrogen (secondary N) is 1. The monoisotopic (exact) mass is 349 g/mol. The average Bonchev–Trinajstić information content (AvgIpc) is 3.01. The summed E-state index contributed by atoms with van der Waals surface area (Å²) < 4.78 is 4.26. The summed E-state index contributed by atoms with van der Waals surface area (Å²) in [6, 6.07) is 22.2. The summed E-state index contributed by atoms with van der Waals surface area (Å²) in [6.45, 7) is 9.62. The highest BCUT2D eigenvalue weighted by atomic mass is 28.4. The van der Waals surface area contributed by atoms with Gasteiger partial charge in [0.2, 0.25) is 0 Å². The molecule has 0 saturated heterocycles. The van der Waals surface area contributed by atoms with Gasteiger partial charge in [0.1, 0.15) is 8.24 Å². The lowest BCUT2D eigenvalue weighted by Crippen LogP contribution is -2.78. The fraction of sp³-hybridized carbons (Fsp3) is 0.238. The van der Waals surface area contributed by atoms with Gasteiger partial charge in [0.05, 0.1) is 0 Å². The highest BCUT2D eigenvalue weighted by Gasteiger charge is 2.53. The van der Waals surface area contributed by atoms with Crippen LogP contribution in [0.1, 0.15) is 6.92 Å². The Kier molecular flexibility index (Phi) is 4.51. The minimum atomic E-state index is -2.24. The van der Waals surface area contributed by atoms with Gasteiger partial charge in [-0.1, -0.05) is 112 Å². The van der Waals surface area contributed by atoms with Crippen LogP contribution in [0.3, 0.4) is 0 Å². The first-order chi connectivity index (χ1) is 11.4. The fourth-order valence-corrected chi connectivity index (χ4v) is 14.2. The van der Waals surface area contributed by atoms with Crippen molar-refractivity contribution < 1.29 is 0 Å². The molecule has 24 heavy (non-hydrogen) atoms. The molecule has 1 aliphatic rings. The molecule has 0 bridgehead atoms. The van der Waals surface area contributed by atoms with Gasteiger partial charge in [-0.25, -0.2) is 0 Å². The van der Waals surface area contributed by atoms with Crippen LogP contribution in [0, 0.1) is 0 Å². The predicted octanol–water partition coefficient (Wildman–Crippen LogP) is 4.06. The van der Waals surface area contributed by atoms with Crippen molar-refractivity contribution in [3.63, 3.8) is 0 Å². The van der Waals surface area contributed by atoms with Crippen LogP contribution in [0.25, 0.3) is 0 Å². The number of hydrogen-bond acceptors (Lipinski definition) is 1. The van der Waals surface area contributed by atoms with Crippen molar-refractivity contribution >= 4 is 26.8 Å². The molecule has 0 spiro atoms. The van der Waals surface area contributed by atoms with Crippen LogP contribution in [0.4, 0.5) is 0 Å². The van der Waals surface area contributed by atoms with Gasteiger partial charge in [-0.2, -0.15) is 0 Å². The van der Waals surface area contributed by atoms with Gasteiger partial charge in [0, 0.05) is 5.04 Å². The molecule has 2 aromatic carbocycles. The number of rotatable bonds is 5. The van der Waals surface area contributed by atoms with Crippen LogP contribution in [-0.2, 0) is 0 Å². The van der Waals surface area contributed by atoms with E-state index in [-0.39, 0.29) is 5.04 Å². The normalized spacial score (nSPS) is 16.5. The van der Waals surface area contributed by atoms with Crippen molar-refractivity contribution in [2.24, 2.45) is 0 Å². The van der Waals surface area contributed by atoms with Gasteiger partial charge >= 0.3 is 0 Å². The van der Waals surface area contributed by atoms with E-state index in [9.17, 15) is 0 Å². The molecule has 1 N–H and O–H groups in total. The van der Waals surface area contributed by atoms with E-state index < -0.39 is 16.5 Å². The Hall–Kier alpha value is -1.69. The summed E-state index contributed by atoms with van der Waals surface area (Å²) >= 11 is 0. The third-order valence-corrected chi connectivity index (χ3v) is 13.6. The minimum absolute atomic E-state index is 0.0238. The van der Waals surface area contributed by atoms with Gasteiger partial charge in [0.25, 0.3) is 0 Å². The first-order valence-corrected chi connectivity index (χ1v) is 14.1. The second-order valence-electron chi connectivity index (χ2n) is 7.86. The summed E-state index contributed by atoms with van der Waals surface area (Å²) in [4.78, 5) is 0. The van der Waals surface area contributed by atoms with E-state index in [1.165, 1.54) is 10.4 Å². The Morgan fingerprint density at radius 3 is 1.50 bits per heavy atom. The van der Waals surface area contributed by atoms with E-state index >= 15 is 0 Å². The zero-order valence-corrected chi connectivity index (χ0v) is 17.1. The van der Waals surface area contributed by atoms with E-state index in [4.69, 9.17) is 0 Å². The zero-order valence-electron chi connectivity index (χ0n) is 15.1. The summed E-state index contributed by atoms with van der Waals surface area (Å²) in [5, 5.41) is 2.94. The molecule has 2 aromatic rings. The Bertz CT molecular complexity index is 691. The van der Waals surface area contributed by atoms with E-state index in [1.807, 2.05) is 0 Å². The summed E-state index contributed by atoms with van der Waals surface area (Å²) in [5.41, 5.74) is 0. The lowest BCUT2D eigenvalue weighted by Gasteiger charge is -2.48. The second-order valence-corrected chi connectivity index (χ2v) is 17.1. The Morgan fingerprint density at radius 1 is 0.708 bits per heavy atom. The summed E-state index contributed by atoms with van der Waals surface area (Å²) in [7, 11) is -3.76. The minimum Gasteiger partial charge on any atom is -0.352 e. The molecule has 0 heterocycles. The van der Waals surface area contributed by atoms with Crippen LogP contribution in [-0.4, -0.2) is 16.5 Å². The average molecular weight is 350 g/mol. The first-order valence-electron chi connectivity index (χ1n) is 8.65. The molecule has 0 saturated carbocycles. The number of hydrogen-bond donors (Lipinski definition) is 1. The largest absolute Gasteiger partial charge is 0.352 e. The van der Waals surface area contributed by atoms with Gasteiger partial charge in [-0.15, -0.1) is 0 Å². The van der Waals surface area contributed by atoms with Crippen LogP contribution >= 0.6 is 0 Å². The van der Waals surface area contributed by atoms with Crippen molar-refractivity contribution in [1.82, 2.24) is 4.65 Å². The van der Waals surface area contributed by atoms with E-state index in [1.54, 1.807) is 0 Å². The van der Waals surface area contributed by atoms with Crippen molar-refractivity contribution in [3.05, 3.63) is 85.0 Å². The lowest BCUT2D eigenvalue weighted by molar-refractivity contribution is 0.915. The maximum Gasteiger partial charge on any atom is 0.197 e. The molecule has 0 aromatic heterocycles. The van der Waals surface area contributed by atoms with Crippen molar-refractivity contribution in [2.75, 3.05) is 0 Å². The standard InChI is InChI=1S/C21H27NSi2/c1-21(17-11-12-18-21)24(22-23(2,3)4,19-13-7-5-8-14-19)20-15-9-6-10-16-20/h5-18,22H,1-4H3. The highest BCUT2D eigenvalue weighted by Crippen LogP contribution is 2.42. The smallest absolute Gasteiger partial charge is 0.197 e. The Morgan fingerprint density at radius 2 is 1.12 bits per heavy atom. The third-order valence-electron chi connectivity index (χ3n) is 4.78. The molecule has 0 radical (unpaired) electrons. The van der Waals surface area contributed by atoms with Crippen molar-refractivity contribution in [3.8, 4) is 0 Å². The Balaban J connectivity index is 2.33. The quantitative estimate of drug-likeness (QED) is 0.803. The van der Waals surface area contributed by atoms with Crippen LogP contribution in [0.5, 0.6) is 0 Å². The van der Waals surface area contributed by atoms with Crippen molar-refractivity contribution in [2.45, 2.75) is 31.6 Å². The van der Waals surface area contributed by atoms with E-state index in [0.29, 0.717) is 0 Å². The molecule has 0 amide bonds. The van der Waals surface area contributed by atoms with Gasteiger partial charge in [-0.05, 0) is 10.4 Å². The second kappa shape index (κ2) is 6.32. The number of allylic oxidation sites excluding steroid dienone is 4. The van der Waals surface area contributed by atoms with E-state index in [0.717, 1.165) is 0 Å². The first kappa shape index (κ1) is 17.1. The summed E-state index contributed by atoms with van der Waals surface area (Å²) in [6.07, 6.45) is 9.21. The van der Waals surface area contributed by atoms with Crippen LogP contribution in [0.2, 0.25) is 24.7 Å². The molecule has 1 nitrogen and oxygen atoms in total. The van der Waals surface area contributed by atoms with Gasteiger partial charge in [-0.3, -0.25) is 0 Å². The van der Waals surface area contributed by atoms with Crippen LogP contribution < -0.4 is 15.0 Å². The number of benzene rings is 2. The Labute approximate surface area is 148 Å². The molecular formula is C21H27NSi2. The van der Waals surface area contributed by atoms with E-state index in [2.05, 4.69) is 116 Å². The molecular weight excluding hydrogens is 322 g/mol. The maximum atomic E-state index is 4.26. The van der Waals surface area contributed by atoms with Gasteiger partial charge < -0.3 is 4.65 Å². The maximum absolute atomic E-state index is 4.26. The topological polar surface area (TPSA) is 12.0 Å².